The van der Waals surface area contributed by atoms with Crippen molar-refractivity contribution >= 4 is 10.1 Å². The fraction of sp³-hybridized carbons (Fsp3) is 0.368. The Bertz CT molecular complexity index is 785. The molecule has 0 aliphatic heterocycles. The number of unbranched alkanes of at least 4 members (excludes halogenated alkanes) is 4. The monoisotopic (exact) mass is 364 g/mol. The van der Waals surface area contributed by atoms with Crippen molar-refractivity contribution in [2.75, 3.05) is 0 Å². The van der Waals surface area contributed by atoms with Crippen LogP contribution < -0.4 is 4.74 Å². The Kier molecular flexibility index (Phi) is 6.84. The van der Waals surface area contributed by atoms with Crippen molar-refractivity contribution in [1.29, 1.82) is 0 Å². The summed E-state index contributed by atoms with van der Waals surface area (Å²) in [5.74, 6) is 0.473. The Morgan fingerprint density at radius 1 is 1.00 bits per heavy atom. The maximum absolute atomic E-state index is 11.4. The van der Waals surface area contributed by atoms with Gasteiger partial charge in [0, 0.05) is 11.6 Å². The highest BCUT2D eigenvalue weighted by atomic mass is 32.2. The first-order valence-electron chi connectivity index (χ1n) is 8.48. The first-order chi connectivity index (χ1) is 11.9. The molecular formula is C19H24O5S. The Balaban J connectivity index is 2.28. The summed E-state index contributed by atoms with van der Waals surface area (Å²) >= 11 is 0. The van der Waals surface area contributed by atoms with E-state index >= 15 is 0 Å². The topological polar surface area (TPSA) is 83.8 Å². The van der Waals surface area contributed by atoms with E-state index in [1.807, 2.05) is 18.2 Å². The van der Waals surface area contributed by atoms with E-state index in [-0.39, 0.29) is 16.4 Å². The van der Waals surface area contributed by atoms with Crippen LogP contribution in [0.3, 0.4) is 0 Å². The highest BCUT2D eigenvalue weighted by molar-refractivity contribution is 7.85. The highest BCUT2D eigenvalue weighted by Crippen LogP contribution is 2.37. The maximum atomic E-state index is 11.4. The third kappa shape index (κ3) is 5.76. The van der Waals surface area contributed by atoms with Gasteiger partial charge in [0.1, 0.15) is 5.75 Å². The highest BCUT2D eigenvalue weighted by Gasteiger charge is 2.18. The fourth-order valence-corrected chi connectivity index (χ4v) is 3.17. The Hall–Kier alpha value is -2.05. The average molecular weight is 364 g/mol. The molecule has 0 aromatic heterocycles. The van der Waals surface area contributed by atoms with E-state index in [1.54, 1.807) is 12.1 Å². The summed E-state index contributed by atoms with van der Waals surface area (Å²) in [6.07, 6.45) is 5.82. The van der Waals surface area contributed by atoms with Crippen LogP contribution in [0.4, 0.5) is 0 Å². The molecule has 0 spiro atoms. The number of hydrogen-bond acceptors (Lipinski definition) is 4. The van der Waals surface area contributed by atoms with Gasteiger partial charge in [-0.1, -0.05) is 50.8 Å². The molecule has 0 amide bonds. The van der Waals surface area contributed by atoms with Gasteiger partial charge in [0.25, 0.3) is 10.1 Å². The molecule has 136 valence electrons. The van der Waals surface area contributed by atoms with E-state index in [0.29, 0.717) is 17.7 Å². The Morgan fingerprint density at radius 3 is 2.32 bits per heavy atom. The zero-order valence-corrected chi connectivity index (χ0v) is 15.1. The molecule has 0 atom stereocenters. The zero-order chi connectivity index (χ0) is 18.3. The molecule has 0 aliphatic carbocycles. The third-order valence-corrected chi connectivity index (χ3v) is 4.76. The van der Waals surface area contributed by atoms with Gasteiger partial charge in [-0.15, -0.1) is 0 Å². The lowest BCUT2D eigenvalue weighted by Crippen LogP contribution is -2.01. The summed E-state index contributed by atoms with van der Waals surface area (Å²) < 4.78 is 37.9. The van der Waals surface area contributed by atoms with Crippen molar-refractivity contribution in [2.45, 2.75) is 50.3 Å². The predicted molar refractivity (Wildman–Crippen MR) is 96.9 cm³/mol. The molecule has 0 bridgehead atoms. The number of aromatic hydroxyl groups is 1. The average Bonchev–Trinajstić information content (AvgIpc) is 2.57. The summed E-state index contributed by atoms with van der Waals surface area (Å²) in [5.41, 5.74) is 0.563. The molecule has 2 rings (SSSR count). The Morgan fingerprint density at radius 2 is 1.68 bits per heavy atom. The minimum absolute atomic E-state index is 0.231. The quantitative estimate of drug-likeness (QED) is 0.486. The molecule has 25 heavy (non-hydrogen) atoms. The number of rotatable bonds is 9. The van der Waals surface area contributed by atoms with Crippen molar-refractivity contribution in [2.24, 2.45) is 0 Å². The lowest BCUT2D eigenvalue weighted by Gasteiger charge is -2.14. The van der Waals surface area contributed by atoms with Crippen LogP contribution in [-0.4, -0.2) is 18.1 Å². The second kappa shape index (κ2) is 8.87. The molecular weight excluding hydrogens is 340 g/mol. The number of aryl methyl sites for hydroxylation is 1. The lowest BCUT2D eigenvalue weighted by molar-refractivity contribution is 0.404. The number of para-hydroxylation sites is 1. The lowest BCUT2D eigenvalue weighted by atomic mass is 10.0. The number of hydrogen-bond donors (Lipinski definition) is 2. The molecule has 0 fully saturated rings. The van der Waals surface area contributed by atoms with E-state index in [1.165, 1.54) is 6.07 Å². The molecule has 0 radical (unpaired) electrons. The van der Waals surface area contributed by atoms with E-state index in [4.69, 9.17) is 4.74 Å². The van der Waals surface area contributed by atoms with Gasteiger partial charge in [-0.3, -0.25) is 4.55 Å². The Labute approximate surface area is 149 Å². The van der Waals surface area contributed by atoms with Crippen LogP contribution in [-0.2, 0) is 16.5 Å². The molecule has 2 N–H and O–H groups in total. The van der Waals surface area contributed by atoms with E-state index in [2.05, 4.69) is 6.92 Å². The second-order valence-electron chi connectivity index (χ2n) is 5.99. The number of benzene rings is 2. The molecule has 0 saturated heterocycles. The van der Waals surface area contributed by atoms with Crippen molar-refractivity contribution in [1.82, 2.24) is 0 Å². The molecule has 0 unspecified atom stereocenters. The summed E-state index contributed by atoms with van der Waals surface area (Å²) in [5, 5.41) is 10.2. The second-order valence-corrected chi connectivity index (χ2v) is 7.41. The number of phenols is 1. The van der Waals surface area contributed by atoms with E-state index in [0.717, 1.165) is 38.2 Å². The minimum Gasteiger partial charge on any atom is -0.504 e. The van der Waals surface area contributed by atoms with Crippen LogP contribution >= 0.6 is 0 Å². The summed E-state index contributed by atoms with van der Waals surface area (Å²) in [7, 11) is -4.39. The standard InChI is InChI=1S/C19H24O5S/c1-2-3-4-5-7-10-15-13-17(25(21,22)23)14-18(20)19(15)24-16-11-8-6-9-12-16/h6,8-9,11-14,20H,2-5,7,10H2,1H3,(H,21,22,23). The molecule has 2 aromatic rings. The van der Waals surface area contributed by atoms with E-state index < -0.39 is 10.1 Å². The molecule has 0 heterocycles. The van der Waals surface area contributed by atoms with Gasteiger partial charge in [0.05, 0.1) is 4.90 Å². The maximum Gasteiger partial charge on any atom is 0.294 e. The first-order valence-corrected chi connectivity index (χ1v) is 9.92. The van der Waals surface area contributed by atoms with Crippen LogP contribution in [0, 0.1) is 0 Å². The summed E-state index contributed by atoms with van der Waals surface area (Å²) in [4.78, 5) is -0.325. The molecule has 0 saturated carbocycles. The molecule has 5 nitrogen and oxygen atoms in total. The van der Waals surface area contributed by atoms with Gasteiger partial charge in [-0.2, -0.15) is 8.42 Å². The van der Waals surface area contributed by atoms with Gasteiger partial charge in [-0.05, 0) is 31.0 Å². The third-order valence-electron chi connectivity index (χ3n) is 3.93. The summed E-state index contributed by atoms with van der Waals surface area (Å²) in [6.45, 7) is 2.14. The van der Waals surface area contributed by atoms with Gasteiger partial charge in [0.15, 0.2) is 11.5 Å². The van der Waals surface area contributed by atoms with Crippen molar-refractivity contribution in [3.05, 3.63) is 48.0 Å². The van der Waals surface area contributed by atoms with Gasteiger partial charge >= 0.3 is 0 Å². The molecule has 0 aliphatic rings. The van der Waals surface area contributed by atoms with Crippen molar-refractivity contribution in [3.63, 3.8) is 0 Å². The van der Waals surface area contributed by atoms with Crippen LogP contribution in [0.15, 0.2) is 47.4 Å². The van der Waals surface area contributed by atoms with Crippen molar-refractivity contribution < 1.29 is 22.8 Å². The van der Waals surface area contributed by atoms with E-state index in [9.17, 15) is 18.1 Å². The SMILES string of the molecule is CCCCCCCc1cc(S(=O)(=O)O)cc(O)c1Oc1ccccc1. The zero-order valence-electron chi connectivity index (χ0n) is 14.3. The minimum atomic E-state index is -4.39. The number of phenolic OH excluding ortho intramolecular Hbond substituents is 1. The van der Waals surface area contributed by atoms with Crippen LogP contribution in [0.2, 0.25) is 0 Å². The van der Waals surface area contributed by atoms with Gasteiger partial charge < -0.3 is 9.84 Å². The van der Waals surface area contributed by atoms with Crippen molar-refractivity contribution in [3.8, 4) is 17.2 Å². The number of ether oxygens (including phenoxy) is 1. The van der Waals surface area contributed by atoms with Crippen LogP contribution in [0.25, 0.3) is 0 Å². The summed E-state index contributed by atoms with van der Waals surface area (Å²) in [6, 6.07) is 11.3. The predicted octanol–water partition coefficient (Wildman–Crippen LogP) is 4.94. The molecule has 2 aromatic carbocycles. The molecule has 6 heteroatoms. The fourth-order valence-electron chi connectivity index (χ4n) is 2.62. The van der Waals surface area contributed by atoms with Gasteiger partial charge in [-0.25, -0.2) is 0 Å². The largest absolute Gasteiger partial charge is 0.504 e. The van der Waals surface area contributed by atoms with Gasteiger partial charge in [0.2, 0.25) is 0 Å². The van der Waals surface area contributed by atoms with Crippen LogP contribution in [0.5, 0.6) is 17.2 Å². The first kappa shape index (κ1) is 19.3. The normalized spacial score (nSPS) is 11.4. The van der Waals surface area contributed by atoms with Crippen LogP contribution in [0.1, 0.15) is 44.6 Å². The smallest absolute Gasteiger partial charge is 0.294 e.